The van der Waals surface area contributed by atoms with Gasteiger partial charge in [-0.3, -0.25) is 4.79 Å². The van der Waals surface area contributed by atoms with Crippen molar-refractivity contribution >= 4 is 27.6 Å². The third-order valence-corrected chi connectivity index (χ3v) is 6.23. The Morgan fingerprint density at radius 1 is 1.40 bits per heavy atom. The Morgan fingerprint density at radius 3 is 2.68 bits per heavy atom. The van der Waals surface area contributed by atoms with Crippen LogP contribution >= 0.6 is 11.6 Å². The Kier molecular flexibility index (Phi) is 6.01. The van der Waals surface area contributed by atoms with Gasteiger partial charge >= 0.3 is 12.1 Å². The van der Waals surface area contributed by atoms with Gasteiger partial charge in [-0.15, -0.1) is 0 Å². The van der Waals surface area contributed by atoms with Crippen molar-refractivity contribution in [2.75, 3.05) is 19.7 Å². The highest BCUT2D eigenvalue weighted by atomic mass is 35.5. The molecule has 0 radical (unpaired) electrons. The number of carbonyl (C=O) groups excluding carboxylic acids is 1. The smallest absolute Gasteiger partial charge is 0.416 e. The van der Waals surface area contributed by atoms with Gasteiger partial charge < -0.3 is 4.74 Å². The molecule has 1 unspecified atom stereocenters. The van der Waals surface area contributed by atoms with Gasteiger partial charge in [-0.1, -0.05) is 11.6 Å². The second-order valence-corrected chi connectivity index (χ2v) is 7.91. The van der Waals surface area contributed by atoms with E-state index in [-0.39, 0.29) is 24.7 Å². The number of ether oxygens (including phenoxy) is 1. The summed E-state index contributed by atoms with van der Waals surface area (Å²) in [4.78, 5) is 11.2. The number of carbonyl (C=O) groups is 1. The number of benzene rings is 1. The first-order chi connectivity index (χ1) is 11.6. The lowest BCUT2D eigenvalue weighted by atomic mass is 10.0. The molecule has 1 fully saturated rings. The summed E-state index contributed by atoms with van der Waals surface area (Å²) in [5.74, 6) is -1.16. The quantitative estimate of drug-likeness (QED) is 0.728. The number of rotatable bonds is 4. The van der Waals surface area contributed by atoms with Gasteiger partial charge in [0.1, 0.15) is 4.90 Å². The molecule has 2 rings (SSSR count). The lowest BCUT2D eigenvalue weighted by molar-refractivity contribution is -0.149. The maximum absolute atomic E-state index is 12.9. The number of piperidine rings is 1. The molecule has 1 atom stereocenters. The number of hydrogen-bond acceptors (Lipinski definition) is 4. The summed E-state index contributed by atoms with van der Waals surface area (Å²) in [6.07, 6.45) is -3.83. The molecule has 1 heterocycles. The van der Waals surface area contributed by atoms with Crippen LogP contribution in [0, 0.1) is 5.92 Å². The SMILES string of the molecule is CCOC(=O)C1CCCN(S(=O)(=O)c2cc(C(F)(F)F)ccc2Cl)C1. The van der Waals surface area contributed by atoms with Crippen molar-refractivity contribution in [1.29, 1.82) is 0 Å². The van der Waals surface area contributed by atoms with Crippen molar-refractivity contribution < 1.29 is 31.1 Å². The predicted octanol–water partition coefficient (Wildman–Crippen LogP) is 3.32. The lowest BCUT2D eigenvalue weighted by Gasteiger charge is -2.31. The fourth-order valence-electron chi connectivity index (χ4n) is 2.63. The van der Waals surface area contributed by atoms with Gasteiger partial charge in [0.15, 0.2) is 0 Å². The van der Waals surface area contributed by atoms with Crippen LogP contribution in [0.3, 0.4) is 0 Å². The van der Waals surface area contributed by atoms with Gasteiger partial charge in [-0.05, 0) is 38.0 Å². The molecule has 0 amide bonds. The van der Waals surface area contributed by atoms with E-state index in [0.29, 0.717) is 18.9 Å². The van der Waals surface area contributed by atoms with Crippen LogP contribution < -0.4 is 0 Å². The Bertz CT molecular complexity index is 752. The highest BCUT2D eigenvalue weighted by Crippen LogP contribution is 2.35. The first-order valence-corrected chi connectivity index (χ1v) is 9.42. The maximum atomic E-state index is 12.9. The molecule has 0 N–H and O–H groups in total. The van der Waals surface area contributed by atoms with Crippen molar-refractivity contribution in [3.05, 3.63) is 28.8 Å². The summed E-state index contributed by atoms with van der Waals surface area (Å²) in [7, 11) is -4.26. The fraction of sp³-hybridized carbons (Fsp3) is 0.533. The van der Waals surface area contributed by atoms with Gasteiger partial charge in [0.25, 0.3) is 0 Å². The molecule has 0 aliphatic carbocycles. The standard InChI is InChI=1S/C15H17ClF3NO4S/c1-2-24-14(21)10-4-3-7-20(9-10)25(22,23)13-8-11(15(17,18)19)5-6-12(13)16/h5-6,8,10H,2-4,7,9H2,1H3. The molecule has 25 heavy (non-hydrogen) atoms. The monoisotopic (exact) mass is 399 g/mol. The molecule has 1 aromatic rings. The zero-order valence-corrected chi connectivity index (χ0v) is 14.9. The van der Waals surface area contributed by atoms with Crippen LogP contribution in [0.2, 0.25) is 5.02 Å². The summed E-state index contributed by atoms with van der Waals surface area (Å²) in [5.41, 5.74) is -1.10. The van der Waals surface area contributed by atoms with E-state index in [1.54, 1.807) is 6.92 Å². The maximum Gasteiger partial charge on any atom is 0.416 e. The summed E-state index contributed by atoms with van der Waals surface area (Å²) < 4.78 is 70.0. The molecule has 0 aromatic heterocycles. The Balaban J connectivity index is 2.33. The largest absolute Gasteiger partial charge is 0.466 e. The van der Waals surface area contributed by atoms with Crippen molar-refractivity contribution in [1.82, 2.24) is 4.31 Å². The Hall–Kier alpha value is -1.32. The second kappa shape index (κ2) is 7.51. The molecule has 0 spiro atoms. The topological polar surface area (TPSA) is 63.7 Å². The number of alkyl halides is 3. The average molecular weight is 400 g/mol. The van der Waals surface area contributed by atoms with E-state index in [2.05, 4.69) is 0 Å². The molecule has 10 heteroatoms. The van der Waals surface area contributed by atoms with Crippen LogP contribution in [-0.4, -0.2) is 38.4 Å². The minimum atomic E-state index is -4.69. The van der Waals surface area contributed by atoms with E-state index in [9.17, 15) is 26.4 Å². The Labute approximate surface area is 148 Å². The van der Waals surface area contributed by atoms with Crippen LogP contribution in [0.15, 0.2) is 23.1 Å². The molecule has 1 aliphatic rings. The molecule has 140 valence electrons. The van der Waals surface area contributed by atoms with Gasteiger partial charge in [-0.2, -0.15) is 17.5 Å². The number of halogens is 4. The normalized spacial score (nSPS) is 19.6. The molecular weight excluding hydrogens is 383 g/mol. The average Bonchev–Trinajstić information content (AvgIpc) is 2.54. The van der Waals surface area contributed by atoms with Crippen LogP contribution in [-0.2, 0) is 25.7 Å². The van der Waals surface area contributed by atoms with Crippen molar-refractivity contribution in [3.8, 4) is 0 Å². The molecule has 5 nitrogen and oxygen atoms in total. The van der Waals surface area contributed by atoms with Crippen molar-refractivity contribution in [3.63, 3.8) is 0 Å². The zero-order valence-electron chi connectivity index (χ0n) is 13.3. The third-order valence-electron chi connectivity index (χ3n) is 3.88. The van der Waals surface area contributed by atoms with Gasteiger partial charge in [-0.25, -0.2) is 8.42 Å². The second-order valence-electron chi connectivity index (χ2n) is 5.60. The molecule has 1 aliphatic heterocycles. The fourth-order valence-corrected chi connectivity index (χ4v) is 4.65. The molecule has 1 saturated heterocycles. The van der Waals surface area contributed by atoms with Gasteiger partial charge in [0.2, 0.25) is 10.0 Å². The number of sulfonamides is 1. The van der Waals surface area contributed by atoms with Crippen LogP contribution in [0.1, 0.15) is 25.3 Å². The zero-order chi connectivity index (χ0) is 18.8. The molecule has 1 aromatic carbocycles. The summed E-state index contributed by atoms with van der Waals surface area (Å²) >= 11 is 5.83. The third kappa shape index (κ3) is 4.45. The van der Waals surface area contributed by atoms with E-state index >= 15 is 0 Å². The highest BCUT2D eigenvalue weighted by molar-refractivity contribution is 7.89. The molecule has 0 bridgehead atoms. The van der Waals surface area contributed by atoms with Crippen LogP contribution in [0.4, 0.5) is 13.2 Å². The summed E-state index contributed by atoms with van der Waals surface area (Å²) in [5, 5.41) is -0.300. The van der Waals surface area contributed by atoms with Gasteiger partial charge in [0, 0.05) is 13.1 Å². The van der Waals surface area contributed by atoms with Crippen LogP contribution in [0.25, 0.3) is 0 Å². The summed E-state index contributed by atoms with van der Waals surface area (Å²) in [6.45, 7) is 1.76. The first kappa shape index (κ1) is 20.0. The number of nitrogens with zero attached hydrogens (tertiary/aromatic N) is 1. The van der Waals surface area contributed by atoms with E-state index < -0.39 is 38.5 Å². The molecular formula is C15H17ClF3NO4S. The number of hydrogen-bond donors (Lipinski definition) is 0. The number of esters is 1. The van der Waals surface area contributed by atoms with Gasteiger partial charge in [0.05, 0.1) is 23.1 Å². The van der Waals surface area contributed by atoms with Crippen molar-refractivity contribution in [2.24, 2.45) is 5.92 Å². The highest BCUT2D eigenvalue weighted by Gasteiger charge is 2.37. The summed E-state index contributed by atoms with van der Waals surface area (Å²) in [6, 6.07) is 2.15. The van der Waals surface area contributed by atoms with E-state index in [0.717, 1.165) is 16.4 Å². The predicted molar refractivity (Wildman–Crippen MR) is 84.6 cm³/mol. The van der Waals surface area contributed by atoms with Crippen LogP contribution in [0.5, 0.6) is 0 Å². The molecule has 0 saturated carbocycles. The van der Waals surface area contributed by atoms with E-state index in [1.807, 2.05) is 0 Å². The minimum absolute atomic E-state index is 0.102. The van der Waals surface area contributed by atoms with E-state index in [4.69, 9.17) is 16.3 Å². The minimum Gasteiger partial charge on any atom is -0.466 e. The first-order valence-electron chi connectivity index (χ1n) is 7.61. The van der Waals surface area contributed by atoms with Crippen molar-refractivity contribution in [2.45, 2.75) is 30.8 Å². The Morgan fingerprint density at radius 2 is 2.08 bits per heavy atom. The van der Waals surface area contributed by atoms with E-state index in [1.165, 1.54) is 0 Å². The lowest BCUT2D eigenvalue weighted by Crippen LogP contribution is -2.42.